The zero-order valence-corrected chi connectivity index (χ0v) is 11.0. The van der Waals surface area contributed by atoms with E-state index in [9.17, 15) is 9.59 Å². The second-order valence-corrected chi connectivity index (χ2v) is 5.80. The summed E-state index contributed by atoms with van der Waals surface area (Å²) in [7, 11) is 0. The Bertz CT molecular complexity index is 508. The normalized spacial score (nSPS) is 27.7. The summed E-state index contributed by atoms with van der Waals surface area (Å²) in [5, 5.41) is 5.98. The number of hydrogen-bond donors (Lipinski definition) is 2. The maximum absolute atomic E-state index is 12.1. The third-order valence-corrected chi connectivity index (χ3v) is 4.15. The van der Waals surface area contributed by atoms with Crippen LogP contribution in [0.4, 0.5) is 0 Å². The second-order valence-electron chi connectivity index (χ2n) is 5.80. The van der Waals surface area contributed by atoms with Crippen molar-refractivity contribution in [3.05, 3.63) is 35.9 Å². The van der Waals surface area contributed by atoms with Crippen molar-refractivity contribution in [1.29, 1.82) is 0 Å². The molecular formula is C15H18N2O2. The minimum absolute atomic E-state index is 0.0000954. The van der Waals surface area contributed by atoms with E-state index < -0.39 is 0 Å². The fourth-order valence-electron chi connectivity index (χ4n) is 2.52. The molecule has 1 saturated carbocycles. The minimum atomic E-state index is -0.202. The number of benzene rings is 1. The first kappa shape index (κ1) is 12.2. The average Bonchev–Trinajstić information content (AvgIpc) is 3.05. The third kappa shape index (κ3) is 2.35. The fraction of sp³-hybridized carbons (Fsp3) is 0.467. The van der Waals surface area contributed by atoms with Crippen molar-refractivity contribution in [2.24, 2.45) is 5.41 Å². The van der Waals surface area contributed by atoms with Gasteiger partial charge in [0.2, 0.25) is 11.8 Å². The Morgan fingerprint density at radius 1 is 1.32 bits per heavy atom. The highest BCUT2D eigenvalue weighted by Crippen LogP contribution is 2.45. The van der Waals surface area contributed by atoms with Crippen molar-refractivity contribution in [3.8, 4) is 0 Å². The van der Waals surface area contributed by atoms with Crippen LogP contribution < -0.4 is 10.6 Å². The molecular weight excluding hydrogens is 240 g/mol. The van der Waals surface area contributed by atoms with E-state index in [-0.39, 0.29) is 29.3 Å². The van der Waals surface area contributed by atoms with Crippen molar-refractivity contribution in [2.45, 2.75) is 38.3 Å². The van der Waals surface area contributed by atoms with Crippen LogP contribution in [0.15, 0.2) is 30.3 Å². The summed E-state index contributed by atoms with van der Waals surface area (Å²) in [5.41, 5.74) is 0.840. The zero-order valence-electron chi connectivity index (χ0n) is 11.0. The van der Waals surface area contributed by atoms with Gasteiger partial charge in [0.05, 0.1) is 12.1 Å². The van der Waals surface area contributed by atoms with Gasteiger partial charge in [-0.1, -0.05) is 37.3 Å². The molecule has 1 unspecified atom stereocenters. The Labute approximate surface area is 112 Å². The average molecular weight is 258 g/mol. The summed E-state index contributed by atoms with van der Waals surface area (Å²) in [6.07, 6.45) is 2.26. The van der Waals surface area contributed by atoms with Gasteiger partial charge in [-0.3, -0.25) is 9.59 Å². The molecule has 4 nitrogen and oxygen atoms in total. The highest BCUT2D eigenvalue weighted by molar-refractivity contribution is 5.87. The fourth-order valence-corrected chi connectivity index (χ4v) is 2.52. The lowest BCUT2D eigenvalue weighted by molar-refractivity contribution is -0.126. The van der Waals surface area contributed by atoms with Crippen LogP contribution in [0.2, 0.25) is 0 Å². The summed E-state index contributed by atoms with van der Waals surface area (Å²) < 4.78 is 0. The predicted molar refractivity (Wildman–Crippen MR) is 71.2 cm³/mol. The molecule has 4 heteroatoms. The molecule has 2 atom stereocenters. The molecule has 1 aliphatic heterocycles. The highest BCUT2D eigenvalue weighted by atomic mass is 16.2. The Balaban J connectivity index is 1.75. The maximum atomic E-state index is 12.1. The molecule has 3 rings (SSSR count). The molecule has 19 heavy (non-hydrogen) atoms. The summed E-state index contributed by atoms with van der Waals surface area (Å²) in [6.45, 7) is 1.98. The quantitative estimate of drug-likeness (QED) is 0.864. The number of rotatable bonds is 3. The Morgan fingerprint density at radius 2 is 2.00 bits per heavy atom. The van der Waals surface area contributed by atoms with Crippen LogP contribution in [0.5, 0.6) is 0 Å². The largest absolute Gasteiger partial charge is 0.350 e. The van der Waals surface area contributed by atoms with Gasteiger partial charge in [-0.15, -0.1) is 0 Å². The monoisotopic (exact) mass is 258 g/mol. The van der Waals surface area contributed by atoms with E-state index in [4.69, 9.17) is 0 Å². The smallest absolute Gasteiger partial charge is 0.226 e. The number of carbonyl (C=O) groups excluding carboxylic acids is 2. The summed E-state index contributed by atoms with van der Waals surface area (Å²) in [4.78, 5) is 23.7. The van der Waals surface area contributed by atoms with Crippen molar-refractivity contribution >= 4 is 11.8 Å². The molecule has 1 aromatic rings. The molecule has 0 bridgehead atoms. The van der Waals surface area contributed by atoms with E-state index in [0.717, 1.165) is 18.4 Å². The molecule has 2 N–H and O–H groups in total. The van der Waals surface area contributed by atoms with Crippen LogP contribution in [0.25, 0.3) is 0 Å². The van der Waals surface area contributed by atoms with Gasteiger partial charge in [-0.05, 0) is 18.4 Å². The zero-order chi connectivity index (χ0) is 13.5. The first-order chi connectivity index (χ1) is 9.08. The lowest BCUT2D eigenvalue weighted by atomic mass is 9.99. The van der Waals surface area contributed by atoms with Gasteiger partial charge >= 0.3 is 0 Å². The van der Waals surface area contributed by atoms with Crippen LogP contribution in [-0.2, 0) is 9.59 Å². The predicted octanol–water partition coefficient (Wildman–Crippen LogP) is 1.53. The van der Waals surface area contributed by atoms with Gasteiger partial charge in [-0.25, -0.2) is 0 Å². The first-order valence-corrected chi connectivity index (χ1v) is 6.74. The topological polar surface area (TPSA) is 58.2 Å². The lowest BCUT2D eigenvalue weighted by Gasteiger charge is -2.22. The lowest BCUT2D eigenvalue weighted by Crippen LogP contribution is -2.41. The van der Waals surface area contributed by atoms with Crippen molar-refractivity contribution in [1.82, 2.24) is 10.6 Å². The van der Waals surface area contributed by atoms with Crippen LogP contribution in [-0.4, -0.2) is 17.9 Å². The van der Waals surface area contributed by atoms with Gasteiger partial charge in [0.1, 0.15) is 0 Å². The number of hydrogen-bond acceptors (Lipinski definition) is 2. The number of carbonyl (C=O) groups is 2. The number of nitrogens with one attached hydrogen (secondary N) is 2. The van der Waals surface area contributed by atoms with Crippen LogP contribution in [0.1, 0.15) is 37.8 Å². The van der Waals surface area contributed by atoms with Crippen LogP contribution in [0, 0.1) is 5.41 Å². The Hall–Kier alpha value is -1.84. The van der Waals surface area contributed by atoms with Gasteiger partial charge < -0.3 is 10.6 Å². The molecule has 1 aromatic carbocycles. The van der Waals surface area contributed by atoms with Crippen LogP contribution >= 0.6 is 0 Å². The third-order valence-electron chi connectivity index (χ3n) is 4.15. The maximum Gasteiger partial charge on any atom is 0.226 e. The summed E-state index contributed by atoms with van der Waals surface area (Å²) in [5.74, 6) is 0.0787. The van der Waals surface area contributed by atoms with E-state index in [0.29, 0.717) is 6.42 Å². The molecule has 0 spiro atoms. The first-order valence-electron chi connectivity index (χ1n) is 6.74. The van der Waals surface area contributed by atoms with E-state index in [1.165, 1.54) is 0 Å². The van der Waals surface area contributed by atoms with Gasteiger partial charge in [0, 0.05) is 11.8 Å². The molecule has 1 heterocycles. The molecule has 0 radical (unpaired) electrons. The Morgan fingerprint density at radius 3 is 2.63 bits per heavy atom. The van der Waals surface area contributed by atoms with Crippen molar-refractivity contribution in [3.63, 3.8) is 0 Å². The van der Waals surface area contributed by atoms with Crippen molar-refractivity contribution in [2.75, 3.05) is 0 Å². The van der Waals surface area contributed by atoms with Gasteiger partial charge in [0.25, 0.3) is 0 Å². The SMILES string of the molecule is CC1(C(=O)N[C@@H]2CC(=O)NC2c2ccccc2)CC1. The van der Waals surface area contributed by atoms with E-state index in [1.54, 1.807) is 0 Å². The van der Waals surface area contributed by atoms with Gasteiger partial charge in [0.15, 0.2) is 0 Å². The van der Waals surface area contributed by atoms with Gasteiger partial charge in [-0.2, -0.15) is 0 Å². The Kier molecular flexibility index (Phi) is 2.81. The van der Waals surface area contributed by atoms with Crippen LogP contribution in [0.3, 0.4) is 0 Å². The summed E-state index contributed by atoms with van der Waals surface area (Å²) >= 11 is 0. The molecule has 2 aliphatic rings. The molecule has 0 aromatic heterocycles. The van der Waals surface area contributed by atoms with E-state index in [2.05, 4.69) is 10.6 Å². The molecule has 2 amide bonds. The minimum Gasteiger partial charge on any atom is -0.350 e. The van der Waals surface area contributed by atoms with E-state index in [1.807, 2.05) is 37.3 Å². The molecule has 100 valence electrons. The second kappa shape index (κ2) is 4.37. The molecule has 1 aliphatic carbocycles. The molecule has 2 fully saturated rings. The summed E-state index contributed by atoms with van der Waals surface area (Å²) in [6, 6.07) is 9.54. The standard InChI is InChI=1S/C15H18N2O2/c1-15(7-8-15)14(19)16-11-9-12(18)17-13(11)10-5-3-2-4-6-10/h2-6,11,13H,7-9H2,1H3,(H,16,19)(H,17,18)/t11-,13?/m1/s1. The van der Waals surface area contributed by atoms with Crippen molar-refractivity contribution < 1.29 is 9.59 Å². The highest BCUT2D eigenvalue weighted by Gasteiger charge is 2.47. The molecule has 1 saturated heterocycles. The number of amides is 2. The van der Waals surface area contributed by atoms with E-state index >= 15 is 0 Å².